The van der Waals surface area contributed by atoms with Gasteiger partial charge < -0.3 is 20.2 Å². The van der Waals surface area contributed by atoms with Gasteiger partial charge >= 0.3 is 0 Å². The Hall–Kier alpha value is -2.18. The van der Waals surface area contributed by atoms with Crippen LogP contribution in [-0.4, -0.2) is 59.8 Å². The molecule has 1 aromatic heterocycles. The van der Waals surface area contributed by atoms with E-state index in [4.69, 9.17) is 0 Å². The zero-order valence-electron chi connectivity index (χ0n) is 15.0. The summed E-state index contributed by atoms with van der Waals surface area (Å²) in [7, 11) is 4.17. The zero-order chi connectivity index (χ0) is 17.6. The quantitative estimate of drug-likeness (QED) is 0.805. The molecule has 1 saturated heterocycles. The SMILES string of the molecule is CN(C)[C@H](CNc1cc(N2CCC[C@H]2CO)ncn1)c1ccccc1. The van der Waals surface area contributed by atoms with Crippen molar-refractivity contribution in [2.75, 3.05) is 44.0 Å². The van der Waals surface area contributed by atoms with Gasteiger partial charge in [0, 0.05) is 19.2 Å². The minimum Gasteiger partial charge on any atom is -0.394 e. The van der Waals surface area contributed by atoms with Crippen LogP contribution in [0, 0.1) is 0 Å². The molecule has 0 amide bonds. The van der Waals surface area contributed by atoms with Crippen LogP contribution < -0.4 is 10.2 Å². The first-order chi connectivity index (χ1) is 12.2. The van der Waals surface area contributed by atoms with E-state index in [2.05, 4.69) is 63.4 Å². The first-order valence-corrected chi connectivity index (χ1v) is 8.84. The van der Waals surface area contributed by atoms with Crippen molar-refractivity contribution < 1.29 is 5.11 Å². The number of nitrogens with zero attached hydrogens (tertiary/aromatic N) is 4. The van der Waals surface area contributed by atoms with Crippen LogP contribution in [0.2, 0.25) is 0 Å². The molecule has 2 aromatic rings. The maximum Gasteiger partial charge on any atom is 0.134 e. The molecule has 1 aliphatic rings. The predicted molar refractivity (Wildman–Crippen MR) is 101 cm³/mol. The first-order valence-electron chi connectivity index (χ1n) is 8.84. The molecule has 0 bridgehead atoms. The highest BCUT2D eigenvalue weighted by Gasteiger charge is 2.25. The molecule has 0 spiro atoms. The van der Waals surface area contributed by atoms with Crippen molar-refractivity contribution >= 4 is 11.6 Å². The highest BCUT2D eigenvalue weighted by atomic mass is 16.3. The molecule has 2 N–H and O–H groups in total. The fourth-order valence-electron chi connectivity index (χ4n) is 3.40. The van der Waals surface area contributed by atoms with Gasteiger partial charge in [0.2, 0.25) is 0 Å². The second kappa shape index (κ2) is 8.27. The lowest BCUT2D eigenvalue weighted by Gasteiger charge is -2.26. The van der Waals surface area contributed by atoms with Crippen molar-refractivity contribution in [2.45, 2.75) is 24.9 Å². The van der Waals surface area contributed by atoms with E-state index in [0.29, 0.717) is 0 Å². The normalized spacial score (nSPS) is 18.6. The van der Waals surface area contributed by atoms with Gasteiger partial charge in [0.1, 0.15) is 18.0 Å². The molecule has 1 fully saturated rings. The number of anilines is 2. The lowest BCUT2D eigenvalue weighted by Crippen LogP contribution is -2.33. The van der Waals surface area contributed by atoms with E-state index in [1.54, 1.807) is 6.33 Å². The van der Waals surface area contributed by atoms with Crippen molar-refractivity contribution in [3.8, 4) is 0 Å². The van der Waals surface area contributed by atoms with Crippen molar-refractivity contribution in [2.24, 2.45) is 0 Å². The van der Waals surface area contributed by atoms with E-state index in [-0.39, 0.29) is 18.7 Å². The molecule has 0 radical (unpaired) electrons. The molecule has 134 valence electrons. The summed E-state index contributed by atoms with van der Waals surface area (Å²) in [6, 6.07) is 12.9. The highest BCUT2D eigenvalue weighted by molar-refractivity contribution is 5.50. The van der Waals surface area contributed by atoms with Crippen LogP contribution in [0.15, 0.2) is 42.7 Å². The number of aliphatic hydroxyl groups is 1. The van der Waals surface area contributed by atoms with Crippen LogP contribution in [0.3, 0.4) is 0 Å². The largest absolute Gasteiger partial charge is 0.394 e. The van der Waals surface area contributed by atoms with Crippen molar-refractivity contribution in [3.05, 3.63) is 48.3 Å². The number of nitrogens with one attached hydrogen (secondary N) is 1. The van der Waals surface area contributed by atoms with Gasteiger partial charge in [-0.15, -0.1) is 0 Å². The Kier molecular flexibility index (Phi) is 5.83. The fourth-order valence-corrected chi connectivity index (χ4v) is 3.40. The first kappa shape index (κ1) is 17.6. The van der Waals surface area contributed by atoms with Crippen LogP contribution in [0.4, 0.5) is 11.6 Å². The van der Waals surface area contributed by atoms with E-state index in [1.165, 1.54) is 5.56 Å². The minimum absolute atomic E-state index is 0.168. The molecule has 1 aliphatic heterocycles. The van der Waals surface area contributed by atoms with Crippen LogP contribution in [0.1, 0.15) is 24.4 Å². The molecule has 0 aliphatic carbocycles. The monoisotopic (exact) mass is 341 g/mol. The Bertz CT molecular complexity index is 664. The van der Waals surface area contributed by atoms with Gasteiger partial charge in [-0.3, -0.25) is 0 Å². The summed E-state index contributed by atoms with van der Waals surface area (Å²) in [4.78, 5) is 13.1. The van der Waals surface area contributed by atoms with Gasteiger partial charge in [-0.05, 0) is 32.5 Å². The van der Waals surface area contributed by atoms with Gasteiger partial charge in [0.15, 0.2) is 0 Å². The molecule has 0 unspecified atom stereocenters. The smallest absolute Gasteiger partial charge is 0.134 e. The van der Waals surface area contributed by atoms with Gasteiger partial charge in [0.25, 0.3) is 0 Å². The number of hydrogen-bond acceptors (Lipinski definition) is 6. The molecule has 25 heavy (non-hydrogen) atoms. The number of aromatic nitrogens is 2. The molecule has 2 heterocycles. The maximum absolute atomic E-state index is 9.52. The molecule has 6 nitrogen and oxygen atoms in total. The predicted octanol–water partition coefficient (Wildman–Crippen LogP) is 2.15. The van der Waals surface area contributed by atoms with E-state index in [1.807, 2.05) is 12.1 Å². The van der Waals surface area contributed by atoms with Gasteiger partial charge in [-0.2, -0.15) is 0 Å². The number of benzene rings is 1. The average molecular weight is 341 g/mol. The van der Waals surface area contributed by atoms with Crippen molar-refractivity contribution in [3.63, 3.8) is 0 Å². The standard InChI is InChI=1S/C19H27N5O/c1-23(2)17(15-7-4-3-5-8-15)12-20-18-11-19(22-14-21-18)24-10-6-9-16(24)13-25/h3-5,7-8,11,14,16-17,25H,6,9-10,12-13H2,1-2H3,(H,20,21,22)/t16-,17+/m0/s1. The number of hydrogen-bond donors (Lipinski definition) is 2. The minimum atomic E-state index is 0.168. The third-order valence-electron chi connectivity index (χ3n) is 4.82. The highest BCUT2D eigenvalue weighted by Crippen LogP contribution is 2.25. The van der Waals surface area contributed by atoms with Crippen LogP contribution in [0.5, 0.6) is 0 Å². The van der Waals surface area contributed by atoms with Gasteiger partial charge in [0.05, 0.1) is 18.7 Å². The fraction of sp³-hybridized carbons (Fsp3) is 0.474. The third kappa shape index (κ3) is 4.27. The lowest BCUT2D eigenvalue weighted by molar-refractivity contribution is 0.266. The average Bonchev–Trinajstić information content (AvgIpc) is 3.11. The molecule has 0 saturated carbocycles. The second-order valence-corrected chi connectivity index (χ2v) is 6.70. The Morgan fingerprint density at radius 2 is 2.08 bits per heavy atom. The van der Waals surface area contributed by atoms with Crippen LogP contribution in [0.25, 0.3) is 0 Å². The van der Waals surface area contributed by atoms with Crippen LogP contribution >= 0.6 is 0 Å². The summed E-state index contributed by atoms with van der Waals surface area (Å²) in [6.07, 6.45) is 3.70. The lowest BCUT2D eigenvalue weighted by atomic mass is 10.1. The van der Waals surface area contributed by atoms with Gasteiger partial charge in [-0.25, -0.2) is 9.97 Å². The summed E-state index contributed by atoms with van der Waals surface area (Å²) in [5.41, 5.74) is 1.27. The molecule has 1 aromatic carbocycles. The Morgan fingerprint density at radius 3 is 2.80 bits per heavy atom. The van der Waals surface area contributed by atoms with E-state index in [9.17, 15) is 5.11 Å². The summed E-state index contributed by atoms with van der Waals surface area (Å²) in [5, 5.41) is 13.0. The van der Waals surface area contributed by atoms with Crippen LogP contribution in [-0.2, 0) is 0 Å². The molecular formula is C19H27N5O. The molecule has 3 rings (SSSR count). The Labute approximate surface area is 149 Å². The summed E-state index contributed by atoms with van der Waals surface area (Å²) in [6.45, 7) is 1.87. The number of aliphatic hydroxyl groups excluding tert-OH is 1. The summed E-state index contributed by atoms with van der Waals surface area (Å²) >= 11 is 0. The van der Waals surface area contributed by atoms with E-state index in [0.717, 1.165) is 37.6 Å². The molecule has 6 heteroatoms. The Balaban J connectivity index is 1.69. The van der Waals surface area contributed by atoms with Crippen molar-refractivity contribution in [1.29, 1.82) is 0 Å². The summed E-state index contributed by atoms with van der Waals surface area (Å²) in [5.74, 6) is 1.70. The van der Waals surface area contributed by atoms with Gasteiger partial charge in [-0.1, -0.05) is 30.3 Å². The Morgan fingerprint density at radius 1 is 1.28 bits per heavy atom. The third-order valence-corrected chi connectivity index (χ3v) is 4.82. The molecular weight excluding hydrogens is 314 g/mol. The molecule has 2 atom stereocenters. The number of rotatable bonds is 7. The maximum atomic E-state index is 9.52. The van der Waals surface area contributed by atoms with E-state index >= 15 is 0 Å². The summed E-state index contributed by atoms with van der Waals surface area (Å²) < 4.78 is 0. The zero-order valence-corrected chi connectivity index (χ0v) is 15.0. The topological polar surface area (TPSA) is 64.5 Å². The second-order valence-electron chi connectivity index (χ2n) is 6.70. The van der Waals surface area contributed by atoms with Crippen molar-refractivity contribution in [1.82, 2.24) is 14.9 Å². The number of likely N-dealkylation sites (N-methyl/N-ethyl adjacent to an activating group) is 1. The van der Waals surface area contributed by atoms with E-state index < -0.39 is 0 Å².